The molecule has 0 radical (unpaired) electrons. The van der Waals surface area contributed by atoms with Crippen molar-refractivity contribution in [3.63, 3.8) is 0 Å². The van der Waals surface area contributed by atoms with Gasteiger partial charge in [0.2, 0.25) is 5.95 Å². The van der Waals surface area contributed by atoms with Crippen molar-refractivity contribution in [2.24, 2.45) is 5.92 Å². The highest BCUT2D eigenvalue weighted by molar-refractivity contribution is 5.32. The fourth-order valence-electron chi connectivity index (χ4n) is 1.85. The highest BCUT2D eigenvalue weighted by atomic mass is 15.2. The second kappa shape index (κ2) is 4.25. The maximum Gasteiger partial charge on any atom is 0.203 e. The van der Waals surface area contributed by atoms with E-state index in [1.165, 1.54) is 19.3 Å². The summed E-state index contributed by atoms with van der Waals surface area (Å²) in [6.45, 7) is 7.65. The summed E-state index contributed by atoms with van der Waals surface area (Å²) in [6.07, 6.45) is 5.89. The van der Waals surface area contributed by atoms with E-state index >= 15 is 0 Å². The molecular weight excluding hydrogens is 186 g/mol. The van der Waals surface area contributed by atoms with Gasteiger partial charge in [0.15, 0.2) is 0 Å². The molecule has 1 saturated carbocycles. The van der Waals surface area contributed by atoms with Gasteiger partial charge in [-0.25, -0.2) is 4.98 Å². The van der Waals surface area contributed by atoms with Crippen LogP contribution in [0.15, 0.2) is 6.20 Å². The second-order valence-electron chi connectivity index (χ2n) is 4.72. The standard InChI is InChI=1S/C12H21N3/c1-4-5-6-15-8-10(3)13-12(15)14-11-7-9(11)2/h8-9,11H,4-7H2,1-3H3,(H,13,14). The number of anilines is 1. The molecule has 0 bridgehead atoms. The van der Waals surface area contributed by atoms with E-state index in [-0.39, 0.29) is 0 Å². The zero-order valence-electron chi connectivity index (χ0n) is 9.95. The normalized spacial score (nSPS) is 24.2. The number of rotatable bonds is 5. The quantitative estimate of drug-likeness (QED) is 0.804. The van der Waals surface area contributed by atoms with Crippen molar-refractivity contribution < 1.29 is 0 Å². The summed E-state index contributed by atoms with van der Waals surface area (Å²) in [7, 11) is 0. The maximum atomic E-state index is 4.53. The predicted molar refractivity (Wildman–Crippen MR) is 63.1 cm³/mol. The maximum absolute atomic E-state index is 4.53. The number of unbranched alkanes of at least 4 members (excludes halogenated alkanes) is 1. The smallest absolute Gasteiger partial charge is 0.203 e. The first-order valence-electron chi connectivity index (χ1n) is 6.01. The van der Waals surface area contributed by atoms with E-state index in [4.69, 9.17) is 0 Å². The molecule has 1 heterocycles. The summed E-state index contributed by atoms with van der Waals surface area (Å²) in [6, 6.07) is 0.659. The van der Waals surface area contributed by atoms with Crippen molar-refractivity contribution in [2.45, 2.75) is 52.6 Å². The van der Waals surface area contributed by atoms with Crippen molar-refractivity contribution >= 4 is 5.95 Å². The molecule has 84 valence electrons. The van der Waals surface area contributed by atoms with Gasteiger partial charge in [-0.1, -0.05) is 20.3 Å². The van der Waals surface area contributed by atoms with Crippen LogP contribution in [0.4, 0.5) is 5.95 Å². The number of hydrogen-bond donors (Lipinski definition) is 1. The zero-order chi connectivity index (χ0) is 10.8. The molecule has 0 amide bonds. The Morgan fingerprint density at radius 2 is 2.33 bits per heavy atom. The molecule has 1 aromatic heterocycles. The lowest BCUT2D eigenvalue weighted by Crippen LogP contribution is -2.10. The van der Waals surface area contributed by atoms with Crippen molar-refractivity contribution in [1.29, 1.82) is 0 Å². The first-order valence-corrected chi connectivity index (χ1v) is 6.01. The number of nitrogens with zero attached hydrogens (tertiary/aromatic N) is 2. The summed E-state index contributed by atoms with van der Waals surface area (Å²) in [5.41, 5.74) is 1.11. The summed E-state index contributed by atoms with van der Waals surface area (Å²) < 4.78 is 2.25. The largest absolute Gasteiger partial charge is 0.353 e. The number of aryl methyl sites for hydroxylation is 2. The molecule has 1 N–H and O–H groups in total. The van der Waals surface area contributed by atoms with Crippen molar-refractivity contribution in [2.75, 3.05) is 5.32 Å². The van der Waals surface area contributed by atoms with E-state index in [2.05, 4.69) is 41.8 Å². The molecule has 1 aliphatic rings. The molecule has 0 aliphatic heterocycles. The van der Waals surface area contributed by atoms with Crippen molar-refractivity contribution in [3.8, 4) is 0 Å². The lowest BCUT2D eigenvalue weighted by atomic mass is 10.3. The molecule has 0 saturated heterocycles. The highest BCUT2D eigenvalue weighted by Crippen LogP contribution is 2.32. The van der Waals surface area contributed by atoms with E-state index < -0.39 is 0 Å². The van der Waals surface area contributed by atoms with Gasteiger partial charge in [0.1, 0.15) is 0 Å². The Bertz CT molecular complexity index is 330. The van der Waals surface area contributed by atoms with E-state index in [0.717, 1.165) is 24.1 Å². The Morgan fingerprint density at radius 3 is 2.93 bits per heavy atom. The third-order valence-corrected chi connectivity index (χ3v) is 3.07. The SMILES string of the molecule is CCCCn1cc(C)nc1NC1CC1C. The molecule has 2 atom stereocenters. The summed E-state index contributed by atoms with van der Waals surface area (Å²) in [5.74, 6) is 1.89. The summed E-state index contributed by atoms with van der Waals surface area (Å²) >= 11 is 0. The molecule has 0 aromatic carbocycles. The Morgan fingerprint density at radius 1 is 1.60 bits per heavy atom. The first kappa shape index (κ1) is 10.5. The van der Waals surface area contributed by atoms with Crippen molar-refractivity contribution in [1.82, 2.24) is 9.55 Å². The molecule has 15 heavy (non-hydrogen) atoms. The van der Waals surface area contributed by atoms with E-state index in [1.54, 1.807) is 0 Å². The Hall–Kier alpha value is -0.990. The van der Waals surface area contributed by atoms with Crippen LogP contribution in [0.3, 0.4) is 0 Å². The molecule has 2 unspecified atom stereocenters. The van der Waals surface area contributed by atoms with Crippen LogP contribution in [0.1, 0.15) is 38.8 Å². The molecule has 1 fully saturated rings. The monoisotopic (exact) mass is 207 g/mol. The van der Waals surface area contributed by atoms with E-state index in [1.807, 2.05) is 0 Å². The Balaban J connectivity index is 2.00. The molecule has 1 aliphatic carbocycles. The summed E-state index contributed by atoms with van der Waals surface area (Å²) in [5, 5.41) is 3.52. The third-order valence-electron chi connectivity index (χ3n) is 3.07. The van der Waals surface area contributed by atoms with Crippen molar-refractivity contribution in [3.05, 3.63) is 11.9 Å². The van der Waals surface area contributed by atoms with E-state index in [0.29, 0.717) is 6.04 Å². The van der Waals surface area contributed by atoms with Crippen LogP contribution in [-0.2, 0) is 6.54 Å². The topological polar surface area (TPSA) is 29.9 Å². The fraction of sp³-hybridized carbons (Fsp3) is 0.750. The Labute approximate surface area is 91.9 Å². The number of imidazole rings is 1. The van der Waals surface area contributed by atoms with Gasteiger partial charge in [-0.15, -0.1) is 0 Å². The molecule has 1 aromatic rings. The fourth-order valence-corrected chi connectivity index (χ4v) is 1.85. The minimum atomic E-state index is 0.659. The van der Waals surface area contributed by atoms with Crippen LogP contribution in [0.25, 0.3) is 0 Å². The van der Waals surface area contributed by atoms with Crippen LogP contribution in [0.2, 0.25) is 0 Å². The predicted octanol–water partition coefficient (Wildman–Crippen LogP) is 2.81. The van der Waals surface area contributed by atoms with E-state index in [9.17, 15) is 0 Å². The van der Waals surface area contributed by atoms with Gasteiger partial charge in [-0.05, 0) is 25.7 Å². The highest BCUT2D eigenvalue weighted by Gasteiger charge is 2.33. The van der Waals surface area contributed by atoms with Gasteiger partial charge >= 0.3 is 0 Å². The van der Waals surface area contributed by atoms with Gasteiger partial charge < -0.3 is 9.88 Å². The molecule has 0 spiro atoms. The zero-order valence-corrected chi connectivity index (χ0v) is 9.95. The minimum absolute atomic E-state index is 0.659. The molecule has 3 heteroatoms. The lowest BCUT2D eigenvalue weighted by Gasteiger charge is -2.08. The average molecular weight is 207 g/mol. The van der Waals surface area contributed by atoms with Gasteiger partial charge in [-0.3, -0.25) is 0 Å². The van der Waals surface area contributed by atoms with Gasteiger partial charge in [0.25, 0.3) is 0 Å². The third kappa shape index (κ3) is 2.52. The lowest BCUT2D eigenvalue weighted by molar-refractivity contribution is 0.634. The van der Waals surface area contributed by atoms with Crippen LogP contribution in [0.5, 0.6) is 0 Å². The molecular formula is C12H21N3. The average Bonchev–Trinajstić information content (AvgIpc) is 2.74. The second-order valence-corrected chi connectivity index (χ2v) is 4.72. The number of nitrogens with one attached hydrogen (secondary N) is 1. The van der Waals surface area contributed by atoms with Crippen LogP contribution >= 0.6 is 0 Å². The van der Waals surface area contributed by atoms with Crippen LogP contribution < -0.4 is 5.32 Å². The Kier molecular flexibility index (Phi) is 2.98. The van der Waals surface area contributed by atoms with Gasteiger partial charge in [-0.2, -0.15) is 0 Å². The first-order chi connectivity index (χ1) is 7.20. The van der Waals surface area contributed by atoms with Gasteiger partial charge in [0.05, 0.1) is 5.69 Å². The van der Waals surface area contributed by atoms with Gasteiger partial charge in [0, 0.05) is 18.8 Å². The minimum Gasteiger partial charge on any atom is -0.353 e. The van der Waals surface area contributed by atoms with Crippen LogP contribution in [0, 0.1) is 12.8 Å². The number of aromatic nitrogens is 2. The molecule has 2 rings (SSSR count). The van der Waals surface area contributed by atoms with Crippen LogP contribution in [-0.4, -0.2) is 15.6 Å². The summed E-state index contributed by atoms with van der Waals surface area (Å²) in [4.78, 5) is 4.53. The molecule has 3 nitrogen and oxygen atoms in total. The number of hydrogen-bond acceptors (Lipinski definition) is 2.